The highest BCUT2D eigenvalue weighted by molar-refractivity contribution is 6.01. The van der Waals surface area contributed by atoms with Gasteiger partial charge in [0.25, 0.3) is 0 Å². The Balaban J connectivity index is 1.55. The molecule has 1 saturated heterocycles. The molecule has 3 aliphatic rings. The van der Waals surface area contributed by atoms with E-state index in [2.05, 4.69) is 33.9 Å². The lowest BCUT2D eigenvalue weighted by atomic mass is 9.71. The van der Waals surface area contributed by atoms with E-state index in [-0.39, 0.29) is 25.4 Å². The smallest absolute Gasteiger partial charge is 0.324 e. The van der Waals surface area contributed by atoms with Crippen molar-refractivity contribution in [2.75, 3.05) is 13.1 Å². The van der Waals surface area contributed by atoms with Crippen LogP contribution in [-0.4, -0.2) is 55.8 Å². The van der Waals surface area contributed by atoms with Gasteiger partial charge in [-0.3, -0.25) is 14.9 Å². The van der Waals surface area contributed by atoms with Crippen LogP contribution < -0.4 is 5.32 Å². The van der Waals surface area contributed by atoms with Gasteiger partial charge in [0.2, 0.25) is 5.91 Å². The number of imide groups is 1. The third-order valence-electron chi connectivity index (χ3n) is 6.16. The molecule has 29 heavy (non-hydrogen) atoms. The zero-order valence-electron chi connectivity index (χ0n) is 17.0. The number of hydrogen-bond donors (Lipinski definition) is 2. The van der Waals surface area contributed by atoms with E-state index in [0.29, 0.717) is 23.7 Å². The summed E-state index contributed by atoms with van der Waals surface area (Å²) >= 11 is 0. The number of carbonyl (C=O) groups excluding carboxylic acids is 2. The van der Waals surface area contributed by atoms with Gasteiger partial charge in [0, 0.05) is 24.4 Å². The molecule has 2 N–H and O–H groups in total. The molecule has 158 valence electrons. The quantitative estimate of drug-likeness (QED) is 0.611. The predicted octanol–water partition coefficient (Wildman–Crippen LogP) is 2.26. The van der Waals surface area contributed by atoms with Gasteiger partial charge >= 0.3 is 12.0 Å². The molecule has 0 spiro atoms. The number of carboxylic acid groups (broad SMARTS) is 1. The molecule has 9 nitrogen and oxygen atoms in total. The fourth-order valence-corrected chi connectivity index (χ4v) is 4.73. The lowest BCUT2D eigenvalue weighted by Gasteiger charge is -2.36. The zero-order valence-corrected chi connectivity index (χ0v) is 17.0. The van der Waals surface area contributed by atoms with Gasteiger partial charge < -0.3 is 14.6 Å². The molecule has 0 radical (unpaired) electrons. The largest absolute Gasteiger partial charge is 0.481 e. The second-order valence-corrected chi connectivity index (χ2v) is 9.21. The molecule has 3 amide bonds. The van der Waals surface area contributed by atoms with E-state index < -0.39 is 17.9 Å². The zero-order chi connectivity index (χ0) is 20.7. The Morgan fingerprint density at radius 3 is 2.52 bits per heavy atom. The summed E-state index contributed by atoms with van der Waals surface area (Å²) in [5.74, 6) is 1.60. The number of hydrogen-bond acceptors (Lipinski definition) is 5. The highest BCUT2D eigenvalue weighted by atomic mass is 16.4. The predicted molar refractivity (Wildman–Crippen MR) is 103 cm³/mol. The van der Waals surface area contributed by atoms with Crippen molar-refractivity contribution in [3.05, 3.63) is 11.6 Å². The number of rotatable bonds is 9. The molecule has 2 heterocycles. The summed E-state index contributed by atoms with van der Waals surface area (Å²) in [6.45, 7) is 4.59. The van der Waals surface area contributed by atoms with Crippen LogP contribution in [0.1, 0.15) is 81.9 Å². The summed E-state index contributed by atoms with van der Waals surface area (Å²) in [6.07, 6.45) is 5.38. The van der Waals surface area contributed by atoms with E-state index >= 15 is 0 Å². The van der Waals surface area contributed by atoms with Crippen LogP contribution in [0, 0.1) is 11.8 Å². The van der Waals surface area contributed by atoms with Crippen molar-refractivity contribution in [3.63, 3.8) is 0 Å². The molecular weight excluding hydrogens is 374 g/mol. The Morgan fingerprint density at radius 1 is 1.24 bits per heavy atom. The molecule has 1 aromatic heterocycles. The van der Waals surface area contributed by atoms with E-state index in [1.807, 2.05) is 0 Å². The fourth-order valence-electron chi connectivity index (χ4n) is 4.73. The first kappa shape index (κ1) is 19.8. The standard InChI is InChI=1S/C20H29N5O4/c1-11(2)5-12-6-13(7-12)18-22-23-19(25(18)15-3-4-15)14(8-17(27)28)9-24-10-16(26)21-20(24)29/h11-15H,3-10H2,1-2H3,(H,27,28)(H,21,26,29)/t12?,13?,14-/m1/s1. The summed E-state index contributed by atoms with van der Waals surface area (Å²) in [7, 11) is 0. The minimum atomic E-state index is -0.950. The number of nitrogens with zero attached hydrogens (tertiary/aromatic N) is 4. The van der Waals surface area contributed by atoms with Gasteiger partial charge in [-0.2, -0.15) is 0 Å². The van der Waals surface area contributed by atoms with Crippen molar-refractivity contribution in [1.29, 1.82) is 0 Å². The molecule has 1 aliphatic heterocycles. The normalized spacial score (nSPS) is 25.3. The lowest BCUT2D eigenvalue weighted by Crippen LogP contribution is -2.34. The number of amides is 3. The molecule has 2 aliphatic carbocycles. The van der Waals surface area contributed by atoms with E-state index in [0.717, 1.165) is 37.4 Å². The van der Waals surface area contributed by atoms with Gasteiger partial charge in [-0.25, -0.2) is 4.79 Å². The Hall–Kier alpha value is -2.45. The number of nitrogens with one attached hydrogen (secondary N) is 1. The van der Waals surface area contributed by atoms with E-state index in [1.54, 1.807) is 0 Å². The summed E-state index contributed by atoms with van der Waals surface area (Å²) < 4.78 is 2.15. The topological polar surface area (TPSA) is 117 Å². The molecule has 0 unspecified atom stereocenters. The maximum atomic E-state index is 12.0. The van der Waals surface area contributed by atoms with Crippen molar-refractivity contribution < 1.29 is 19.5 Å². The van der Waals surface area contributed by atoms with E-state index in [4.69, 9.17) is 0 Å². The van der Waals surface area contributed by atoms with Crippen LogP contribution in [0.3, 0.4) is 0 Å². The Morgan fingerprint density at radius 2 is 1.97 bits per heavy atom. The molecule has 2 saturated carbocycles. The molecule has 0 aromatic carbocycles. The second kappa shape index (κ2) is 7.76. The number of carboxylic acids is 1. The van der Waals surface area contributed by atoms with Crippen LogP contribution in [0.5, 0.6) is 0 Å². The average Bonchev–Trinajstić information content (AvgIpc) is 3.26. The molecule has 1 aromatic rings. The molecule has 4 rings (SSSR count). The maximum Gasteiger partial charge on any atom is 0.324 e. The van der Waals surface area contributed by atoms with Crippen LogP contribution in [0.4, 0.5) is 4.79 Å². The fraction of sp³-hybridized carbons (Fsp3) is 0.750. The summed E-state index contributed by atoms with van der Waals surface area (Å²) in [6, 6.07) is -0.150. The molecule has 3 fully saturated rings. The number of aliphatic carboxylic acids is 1. The number of aromatic nitrogens is 3. The maximum absolute atomic E-state index is 12.0. The average molecular weight is 403 g/mol. The van der Waals surface area contributed by atoms with Gasteiger partial charge in [-0.05, 0) is 43.9 Å². The molecule has 9 heteroatoms. The molecule has 1 atom stereocenters. The van der Waals surface area contributed by atoms with Gasteiger partial charge in [0.1, 0.15) is 18.2 Å². The van der Waals surface area contributed by atoms with Crippen molar-refractivity contribution >= 4 is 17.9 Å². The summed E-state index contributed by atoms with van der Waals surface area (Å²) in [4.78, 5) is 36.4. The van der Waals surface area contributed by atoms with Crippen LogP contribution in [0.15, 0.2) is 0 Å². The van der Waals surface area contributed by atoms with Crippen molar-refractivity contribution in [1.82, 2.24) is 25.0 Å². The van der Waals surface area contributed by atoms with Crippen molar-refractivity contribution in [2.24, 2.45) is 11.8 Å². The van der Waals surface area contributed by atoms with Crippen LogP contribution in [-0.2, 0) is 9.59 Å². The van der Waals surface area contributed by atoms with Crippen LogP contribution in [0.2, 0.25) is 0 Å². The van der Waals surface area contributed by atoms with E-state index in [9.17, 15) is 19.5 Å². The van der Waals surface area contributed by atoms with Crippen molar-refractivity contribution in [3.8, 4) is 0 Å². The minimum Gasteiger partial charge on any atom is -0.481 e. The van der Waals surface area contributed by atoms with Gasteiger partial charge in [-0.1, -0.05) is 13.8 Å². The Labute approximate surface area is 169 Å². The lowest BCUT2D eigenvalue weighted by molar-refractivity contribution is -0.137. The number of carbonyl (C=O) groups is 3. The third-order valence-corrected chi connectivity index (χ3v) is 6.16. The SMILES string of the molecule is CC(C)CC1CC(c2nnc([C@H](CC(=O)O)CN3CC(=O)NC3=O)n2C2CC2)C1. The third kappa shape index (κ3) is 4.28. The highest BCUT2D eigenvalue weighted by Gasteiger charge is 2.40. The first-order valence-corrected chi connectivity index (χ1v) is 10.6. The number of urea groups is 1. The van der Waals surface area contributed by atoms with E-state index in [1.165, 1.54) is 11.3 Å². The minimum absolute atomic E-state index is 0.0428. The monoisotopic (exact) mass is 403 g/mol. The molecular formula is C20H29N5O4. The van der Waals surface area contributed by atoms with Crippen LogP contribution >= 0.6 is 0 Å². The summed E-state index contributed by atoms with van der Waals surface area (Å²) in [5.41, 5.74) is 0. The second-order valence-electron chi connectivity index (χ2n) is 9.21. The highest BCUT2D eigenvalue weighted by Crippen LogP contribution is 2.47. The van der Waals surface area contributed by atoms with Crippen LogP contribution in [0.25, 0.3) is 0 Å². The molecule has 0 bridgehead atoms. The first-order chi connectivity index (χ1) is 13.8. The van der Waals surface area contributed by atoms with Gasteiger partial charge in [-0.15, -0.1) is 10.2 Å². The van der Waals surface area contributed by atoms with Gasteiger partial charge in [0.15, 0.2) is 0 Å². The first-order valence-electron chi connectivity index (χ1n) is 10.6. The Bertz CT molecular complexity index is 810. The Kier molecular flexibility index (Phi) is 5.31. The summed E-state index contributed by atoms with van der Waals surface area (Å²) in [5, 5.41) is 20.6. The van der Waals surface area contributed by atoms with Gasteiger partial charge in [0.05, 0.1) is 6.42 Å². The van der Waals surface area contributed by atoms with Crippen molar-refractivity contribution in [2.45, 2.75) is 70.3 Å².